The van der Waals surface area contributed by atoms with Crippen molar-refractivity contribution in [2.24, 2.45) is 0 Å². The van der Waals surface area contributed by atoms with E-state index in [1.54, 1.807) is 0 Å². The highest BCUT2D eigenvalue weighted by Crippen LogP contribution is 2.04. The molecule has 1 fully saturated rings. The highest BCUT2D eigenvalue weighted by atomic mass is 15.2. The standard InChI is InChI=1S/C9H17N3/c1-2-9(8-10)12-6-3-4-11-5-7-12/h9,11H,2-7H2,1H3. The van der Waals surface area contributed by atoms with Crippen LogP contribution < -0.4 is 5.32 Å². The van der Waals surface area contributed by atoms with Gasteiger partial charge in [-0.25, -0.2) is 0 Å². The molecule has 12 heavy (non-hydrogen) atoms. The van der Waals surface area contributed by atoms with Crippen LogP contribution in [-0.2, 0) is 0 Å². The molecule has 1 N–H and O–H groups in total. The molecule has 0 radical (unpaired) electrons. The number of nitriles is 1. The monoisotopic (exact) mass is 167 g/mol. The Kier molecular flexibility index (Phi) is 4.06. The van der Waals surface area contributed by atoms with Gasteiger partial charge in [0.25, 0.3) is 0 Å². The van der Waals surface area contributed by atoms with Crippen LogP contribution in [0.5, 0.6) is 0 Å². The Morgan fingerprint density at radius 2 is 2.33 bits per heavy atom. The Morgan fingerprint density at radius 3 is 3.00 bits per heavy atom. The molecule has 0 saturated carbocycles. The van der Waals surface area contributed by atoms with Crippen molar-refractivity contribution in [2.75, 3.05) is 26.2 Å². The lowest BCUT2D eigenvalue weighted by atomic mass is 10.2. The zero-order chi connectivity index (χ0) is 8.81. The lowest BCUT2D eigenvalue weighted by Gasteiger charge is -2.23. The fourth-order valence-corrected chi connectivity index (χ4v) is 1.61. The molecule has 1 aliphatic heterocycles. The van der Waals surface area contributed by atoms with E-state index in [4.69, 9.17) is 5.26 Å². The van der Waals surface area contributed by atoms with Crippen molar-refractivity contribution in [3.05, 3.63) is 0 Å². The Morgan fingerprint density at radius 1 is 1.50 bits per heavy atom. The summed E-state index contributed by atoms with van der Waals surface area (Å²) in [6.45, 7) is 6.29. The molecular formula is C9H17N3. The molecule has 0 aromatic heterocycles. The fourth-order valence-electron chi connectivity index (χ4n) is 1.61. The Hall–Kier alpha value is -0.590. The molecule has 1 saturated heterocycles. The van der Waals surface area contributed by atoms with Gasteiger partial charge in [0.2, 0.25) is 0 Å². The van der Waals surface area contributed by atoms with E-state index >= 15 is 0 Å². The van der Waals surface area contributed by atoms with Gasteiger partial charge in [-0.1, -0.05) is 6.92 Å². The SMILES string of the molecule is CCC(C#N)N1CCCNCC1. The number of nitrogens with zero attached hydrogens (tertiary/aromatic N) is 2. The van der Waals surface area contributed by atoms with Crippen LogP contribution in [0, 0.1) is 11.3 Å². The highest BCUT2D eigenvalue weighted by Gasteiger charge is 2.16. The topological polar surface area (TPSA) is 39.1 Å². The predicted molar refractivity (Wildman–Crippen MR) is 48.8 cm³/mol. The van der Waals surface area contributed by atoms with Crippen LogP contribution in [0.3, 0.4) is 0 Å². The second-order valence-corrected chi connectivity index (χ2v) is 3.19. The van der Waals surface area contributed by atoms with Crippen molar-refractivity contribution in [3.8, 4) is 6.07 Å². The summed E-state index contributed by atoms with van der Waals surface area (Å²) < 4.78 is 0. The van der Waals surface area contributed by atoms with Crippen molar-refractivity contribution in [3.63, 3.8) is 0 Å². The van der Waals surface area contributed by atoms with E-state index < -0.39 is 0 Å². The third kappa shape index (κ3) is 2.47. The van der Waals surface area contributed by atoms with E-state index in [9.17, 15) is 0 Å². The molecule has 1 atom stereocenters. The molecule has 0 aliphatic carbocycles. The summed E-state index contributed by atoms with van der Waals surface area (Å²) in [4.78, 5) is 2.28. The van der Waals surface area contributed by atoms with E-state index in [0.29, 0.717) is 0 Å². The molecule has 0 spiro atoms. The Labute approximate surface area is 74.4 Å². The molecule has 3 nitrogen and oxygen atoms in total. The van der Waals surface area contributed by atoms with E-state index in [1.807, 2.05) is 0 Å². The minimum Gasteiger partial charge on any atom is -0.315 e. The summed E-state index contributed by atoms with van der Waals surface area (Å²) in [5.74, 6) is 0. The molecule has 0 bridgehead atoms. The first-order valence-electron chi connectivity index (χ1n) is 4.73. The second kappa shape index (κ2) is 5.13. The van der Waals surface area contributed by atoms with Gasteiger partial charge in [0.15, 0.2) is 0 Å². The second-order valence-electron chi connectivity index (χ2n) is 3.19. The number of hydrogen-bond donors (Lipinski definition) is 1. The van der Waals surface area contributed by atoms with Gasteiger partial charge in [0, 0.05) is 19.6 Å². The van der Waals surface area contributed by atoms with Gasteiger partial charge >= 0.3 is 0 Å². The highest BCUT2D eigenvalue weighted by molar-refractivity contribution is 4.91. The maximum atomic E-state index is 8.86. The van der Waals surface area contributed by atoms with Gasteiger partial charge in [-0.15, -0.1) is 0 Å². The number of nitrogens with one attached hydrogen (secondary N) is 1. The maximum Gasteiger partial charge on any atom is 0.0975 e. The summed E-state index contributed by atoms with van der Waals surface area (Å²) in [6.07, 6.45) is 2.11. The summed E-state index contributed by atoms with van der Waals surface area (Å²) in [5, 5.41) is 12.2. The van der Waals surface area contributed by atoms with E-state index in [2.05, 4.69) is 23.2 Å². The van der Waals surface area contributed by atoms with Gasteiger partial charge < -0.3 is 5.32 Å². The average Bonchev–Trinajstić information content (AvgIpc) is 2.35. The molecule has 1 rings (SSSR count). The summed E-state index contributed by atoms with van der Waals surface area (Å²) in [5.41, 5.74) is 0. The molecule has 3 heteroatoms. The largest absolute Gasteiger partial charge is 0.315 e. The van der Waals surface area contributed by atoms with Crippen molar-refractivity contribution in [1.29, 1.82) is 5.26 Å². The maximum absolute atomic E-state index is 8.86. The molecule has 1 unspecified atom stereocenters. The normalized spacial score (nSPS) is 22.7. The van der Waals surface area contributed by atoms with E-state index in [0.717, 1.165) is 39.0 Å². The van der Waals surface area contributed by atoms with Gasteiger partial charge in [-0.2, -0.15) is 5.26 Å². The van der Waals surface area contributed by atoms with Gasteiger partial charge in [-0.05, 0) is 19.4 Å². The number of hydrogen-bond acceptors (Lipinski definition) is 3. The first kappa shape index (κ1) is 9.50. The minimum atomic E-state index is 0.130. The molecular weight excluding hydrogens is 150 g/mol. The van der Waals surface area contributed by atoms with Crippen molar-refractivity contribution < 1.29 is 0 Å². The van der Waals surface area contributed by atoms with Gasteiger partial charge in [0.1, 0.15) is 0 Å². The predicted octanol–water partition coefficient (Wildman–Crippen LogP) is 0.584. The van der Waals surface area contributed by atoms with Crippen LogP contribution in [0.2, 0.25) is 0 Å². The summed E-state index contributed by atoms with van der Waals surface area (Å²) in [7, 11) is 0. The van der Waals surface area contributed by atoms with Crippen LogP contribution in [-0.4, -0.2) is 37.1 Å². The quantitative estimate of drug-likeness (QED) is 0.654. The first-order chi connectivity index (χ1) is 5.88. The smallest absolute Gasteiger partial charge is 0.0975 e. The van der Waals surface area contributed by atoms with Gasteiger partial charge in [0.05, 0.1) is 12.1 Å². The summed E-state index contributed by atoms with van der Waals surface area (Å²) in [6, 6.07) is 2.48. The zero-order valence-corrected chi connectivity index (χ0v) is 7.71. The molecule has 0 aromatic carbocycles. The van der Waals surface area contributed by atoms with Crippen LogP contribution in [0.25, 0.3) is 0 Å². The average molecular weight is 167 g/mol. The lowest BCUT2D eigenvalue weighted by molar-refractivity contribution is 0.245. The lowest BCUT2D eigenvalue weighted by Crippen LogP contribution is -2.36. The van der Waals surface area contributed by atoms with Crippen LogP contribution >= 0.6 is 0 Å². The first-order valence-corrected chi connectivity index (χ1v) is 4.73. The Balaban J connectivity index is 2.42. The third-order valence-corrected chi connectivity index (χ3v) is 2.35. The van der Waals surface area contributed by atoms with Crippen molar-refractivity contribution >= 4 is 0 Å². The Bertz CT molecular complexity index is 154. The summed E-state index contributed by atoms with van der Waals surface area (Å²) >= 11 is 0. The van der Waals surface area contributed by atoms with Crippen LogP contribution in [0.4, 0.5) is 0 Å². The molecule has 0 amide bonds. The molecule has 1 aliphatic rings. The van der Waals surface area contributed by atoms with E-state index in [1.165, 1.54) is 0 Å². The minimum absolute atomic E-state index is 0.130. The number of rotatable bonds is 2. The molecule has 0 aromatic rings. The zero-order valence-electron chi connectivity index (χ0n) is 7.71. The van der Waals surface area contributed by atoms with E-state index in [-0.39, 0.29) is 6.04 Å². The van der Waals surface area contributed by atoms with Crippen LogP contribution in [0.15, 0.2) is 0 Å². The van der Waals surface area contributed by atoms with Crippen molar-refractivity contribution in [2.45, 2.75) is 25.8 Å². The van der Waals surface area contributed by atoms with Gasteiger partial charge in [-0.3, -0.25) is 4.90 Å². The fraction of sp³-hybridized carbons (Fsp3) is 0.889. The molecule has 68 valence electrons. The van der Waals surface area contributed by atoms with Crippen LogP contribution in [0.1, 0.15) is 19.8 Å². The molecule has 1 heterocycles. The third-order valence-electron chi connectivity index (χ3n) is 2.35. The van der Waals surface area contributed by atoms with Crippen molar-refractivity contribution in [1.82, 2.24) is 10.2 Å².